The van der Waals surface area contributed by atoms with Crippen LogP contribution in [0.5, 0.6) is 0 Å². The first-order chi connectivity index (χ1) is 15.5. The molecule has 33 heavy (non-hydrogen) atoms. The number of hydrogen-bond donors (Lipinski definition) is 1. The quantitative estimate of drug-likeness (QED) is 0.519. The molecule has 0 bridgehead atoms. The zero-order chi connectivity index (χ0) is 24.8. The number of rotatable bonds is 10. The van der Waals surface area contributed by atoms with Crippen molar-refractivity contribution in [2.45, 2.75) is 39.8 Å². The smallest absolute Gasteiger partial charge is 0.244 e. The predicted octanol–water partition coefficient (Wildman–Crippen LogP) is 4.01. The standard InChI is InChI=1S/C23H29Cl2N3O4S/c1-5-13-26-23(30)17(3)27(14-18-11-9-16(2)10-12-18)21(29)15-28(33(4,31)32)20-8-6-7-19(24)22(20)25/h6-12,17H,5,13-15H2,1-4H3,(H,26,30)/t17-/m1/s1. The highest BCUT2D eigenvalue weighted by atomic mass is 35.5. The Morgan fingerprint density at radius 3 is 2.30 bits per heavy atom. The van der Waals surface area contributed by atoms with Crippen LogP contribution in [0.3, 0.4) is 0 Å². The predicted molar refractivity (Wildman–Crippen MR) is 133 cm³/mol. The summed E-state index contributed by atoms with van der Waals surface area (Å²) in [6, 6.07) is 11.3. The summed E-state index contributed by atoms with van der Waals surface area (Å²) in [6.07, 6.45) is 1.73. The minimum atomic E-state index is -3.88. The van der Waals surface area contributed by atoms with E-state index in [1.165, 1.54) is 17.0 Å². The van der Waals surface area contributed by atoms with Gasteiger partial charge in [-0.25, -0.2) is 8.42 Å². The lowest BCUT2D eigenvalue weighted by Gasteiger charge is -2.31. The van der Waals surface area contributed by atoms with Crippen molar-refractivity contribution in [3.05, 3.63) is 63.6 Å². The average Bonchev–Trinajstić information content (AvgIpc) is 2.76. The SMILES string of the molecule is CCCNC(=O)[C@@H](C)N(Cc1ccc(C)cc1)C(=O)CN(c1cccc(Cl)c1Cl)S(C)(=O)=O. The van der Waals surface area contributed by atoms with Gasteiger partial charge in [-0.2, -0.15) is 0 Å². The van der Waals surface area contributed by atoms with Gasteiger partial charge < -0.3 is 10.2 Å². The summed E-state index contributed by atoms with van der Waals surface area (Å²) in [6.45, 7) is 5.58. The van der Waals surface area contributed by atoms with Crippen LogP contribution in [0.1, 0.15) is 31.4 Å². The monoisotopic (exact) mass is 513 g/mol. The average molecular weight is 514 g/mol. The van der Waals surface area contributed by atoms with E-state index in [2.05, 4.69) is 5.32 Å². The molecule has 2 aromatic rings. The van der Waals surface area contributed by atoms with Crippen molar-refractivity contribution in [1.82, 2.24) is 10.2 Å². The minimum absolute atomic E-state index is 0.0243. The third-order valence-corrected chi connectivity index (χ3v) is 7.00. The second-order valence-electron chi connectivity index (χ2n) is 7.82. The molecule has 0 aromatic heterocycles. The fourth-order valence-corrected chi connectivity index (χ4v) is 4.45. The number of halogens is 2. The molecule has 0 aliphatic rings. The molecule has 1 atom stereocenters. The van der Waals surface area contributed by atoms with E-state index in [1.54, 1.807) is 13.0 Å². The molecule has 0 unspecified atom stereocenters. The fraction of sp³-hybridized carbons (Fsp3) is 0.391. The zero-order valence-electron chi connectivity index (χ0n) is 19.1. The zero-order valence-corrected chi connectivity index (χ0v) is 21.5. The molecule has 0 saturated heterocycles. The molecule has 180 valence electrons. The molecule has 0 spiro atoms. The van der Waals surface area contributed by atoms with Crippen LogP contribution in [-0.4, -0.2) is 50.5 Å². The van der Waals surface area contributed by atoms with Crippen LogP contribution in [0.4, 0.5) is 5.69 Å². The summed E-state index contributed by atoms with van der Waals surface area (Å²) in [5.74, 6) is -0.861. The van der Waals surface area contributed by atoms with Gasteiger partial charge >= 0.3 is 0 Å². The lowest BCUT2D eigenvalue weighted by molar-refractivity contribution is -0.139. The Morgan fingerprint density at radius 2 is 1.73 bits per heavy atom. The van der Waals surface area contributed by atoms with Gasteiger partial charge in [-0.1, -0.05) is 66.0 Å². The number of nitrogens with one attached hydrogen (secondary N) is 1. The van der Waals surface area contributed by atoms with Crippen LogP contribution in [0.15, 0.2) is 42.5 Å². The third kappa shape index (κ3) is 7.35. The summed E-state index contributed by atoms with van der Waals surface area (Å²) in [5, 5.41) is 2.98. The Morgan fingerprint density at radius 1 is 1.09 bits per heavy atom. The summed E-state index contributed by atoms with van der Waals surface area (Å²) in [5.41, 5.74) is 1.97. The van der Waals surface area contributed by atoms with Crippen molar-refractivity contribution < 1.29 is 18.0 Å². The summed E-state index contributed by atoms with van der Waals surface area (Å²) < 4.78 is 26.0. The molecule has 10 heteroatoms. The Bertz CT molecular complexity index is 1090. The number of sulfonamides is 1. The molecule has 0 fully saturated rings. The number of amides is 2. The van der Waals surface area contributed by atoms with Crippen molar-refractivity contribution in [1.29, 1.82) is 0 Å². The van der Waals surface area contributed by atoms with Crippen LogP contribution in [0.25, 0.3) is 0 Å². The number of anilines is 1. The van der Waals surface area contributed by atoms with E-state index in [-0.39, 0.29) is 28.2 Å². The van der Waals surface area contributed by atoms with Crippen LogP contribution in [0.2, 0.25) is 10.0 Å². The van der Waals surface area contributed by atoms with Crippen molar-refractivity contribution in [3.8, 4) is 0 Å². The summed E-state index contributed by atoms with van der Waals surface area (Å²) >= 11 is 12.3. The topological polar surface area (TPSA) is 86.8 Å². The van der Waals surface area contributed by atoms with Crippen LogP contribution < -0.4 is 9.62 Å². The van der Waals surface area contributed by atoms with Gasteiger partial charge in [-0.05, 0) is 38.0 Å². The number of aryl methyl sites for hydroxylation is 1. The summed E-state index contributed by atoms with van der Waals surface area (Å²) in [4.78, 5) is 27.5. The molecule has 1 N–H and O–H groups in total. The van der Waals surface area contributed by atoms with Gasteiger partial charge in [0.1, 0.15) is 12.6 Å². The van der Waals surface area contributed by atoms with Gasteiger partial charge in [0.05, 0.1) is 22.0 Å². The van der Waals surface area contributed by atoms with Crippen LogP contribution in [0, 0.1) is 6.92 Å². The van der Waals surface area contributed by atoms with E-state index in [4.69, 9.17) is 23.2 Å². The highest BCUT2D eigenvalue weighted by molar-refractivity contribution is 7.92. The van der Waals surface area contributed by atoms with Gasteiger partial charge in [-0.3, -0.25) is 13.9 Å². The molecule has 7 nitrogen and oxygen atoms in total. The number of nitrogens with zero attached hydrogens (tertiary/aromatic N) is 2. The van der Waals surface area contributed by atoms with E-state index in [0.29, 0.717) is 6.54 Å². The molecule has 0 aliphatic heterocycles. The largest absolute Gasteiger partial charge is 0.354 e. The highest BCUT2D eigenvalue weighted by Gasteiger charge is 2.31. The Balaban J connectivity index is 2.40. The lowest BCUT2D eigenvalue weighted by atomic mass is 10.1. The third-order valence-electron chi connectivity index (χ3n) is 5.07. The summed E-state index contributed by atoms with van der Waals surface area (Å²) in [7, 11) is -3.88. The Kier molecular flexibility index (Phi) is 9.57. The molecule has 0 heterocycles. The highest BCUT2D eigenvalue weighted by Crippen LogP contribution is 2.33. The first-order valence-electron chi connectivity index (χ1n) is 10.5. The van der Waals surface area contributed by atoms with Crippen molar-refractivity contribution in [2.75, 3.05) is 23.7 Å². The Labute approximate surface area is 205 Å². The lowest BCUT2D eigenvalue weighted by Crippen LogP contribution is -2.51. The molecule has 2 aromatic carbocycles. The molecule has 2 rings (SSSR count). The maximum atomic E-state index is 13.4. The number of carbonyl (C=O) groups excluding carboxylic acids is 2. The van der Waals surface area contributed by atoms with Gasteiger partial charge in [0.2, 0.25) is 21.8 Å². The number of hydrogen-bond acceptors (Lipinski definition) is 4. The molecular weight excluding hydrogens is 485 g/mol. The van der Waals surface area contributed by atoms with Crippen molar-refractivity contribution >= 4 is 50.7 Å². The van der Waals surface area contributed by atoms with Gasteiger partial charge in [-0.15, -0.1) is 0 Å². The van der Waals surface area contributed by atoms with Crippen LogP contribution >= 0.6 is 23.2 Å². The van der Waals surface area contributed by atoms with Gasteiger partial charge in [0.25, 0.3) is 0 Å². The van der Waals surface area contributed by atoms with E-state index in [1.807, 2.05) is 38.1 Å². The van der Waals surface area contributed by atoms with E-state index >= 15 is 0 Å². The fourth-order valence-electron chi connectivity index (χ4n) is 3.15. The van der Waals surface area contributed by atoms with Crippen LogP contribution in [-0.2, 0) is 26.2 Å². The van der Waals surface area contributed by atoms with Gasteiger partial charge in [0, 0.05) is 13.1 Å². The first-order valence-corrected chi connectivity index (χ1v) is 13.1. The molecule has 0 aliphatic carbocycles. The first kappa shape index (κ1) is 27.0. The molecule has 0 saturated carbocycles. The van der Waals surface area contributed by atoms with Gasteiger partial charge in [0.15, 0.2) is 0 Å². The minimum Gasteiger partial charge on any atom is -0.354 e. The maximum Gasteiger partial charge on any atom is 0.244 e. The van der Waals surface area contributed by atoms with Crippen molar-refractivity contribution in [2.24, 2.45) is 0 Å². The second-order valence-corrected chi connectivity index (χ2v) is 10.5. The number of benzene rings is 2. The maximum absolute atomic E-state index is 13.4. The van der Waals surface area contributed by atoms with Crippen molar-refractivity contribution in [3.63, 3.8) is 0 Å². The Hall–Kier alpha value is -2.29. The molecular formula is C23H29Cl2N3O4S. The van der Waals surface area contributed by atoms with E-state index in [0.717, 1.165) is 28.1 Å². The normalized spacial score (nSPS) is 12.2. The van der Waals surface area contributed by atoms with E-state index in [9.17, 15) is 18.0 Å². The van der Waals surface area contributed by atoms with E-state index < -0.39 is 28.5 Å². The molecule has 2 amide bonds. The second kappa shape index (κ2) is 11.7. The molecule has 0 radical (unpaired) electrons. The number of carbonyl (C=O) groups is 2.